The molecule has 6 nitrogen and oxygen atoms in total. The van der Waals surface area contributed by atoms with E-state index in [0.29, 0.717) is 6.54 Å². The van der Waals surface area contributed by atoms with Gasteiger partial charge in [0.05, 0.1) is 5.69 Å². The summed E-state index contributed by atoms with van der Waals surface area (Å²) in [6, 6.07) is 8.25. The maximum atomic E-state index is 11.5. The molecule has 0 aliphatic heterocycles. The number of carbonyl (C=O) groups excluding carboxylic acids is 1. The summed E-state index contributed by atoms with van der Waals surface area (Å²) in [6.45, 7) is 5.05. The number of benzene rings is 1. The number of aromatic nitrogens is 3. The molecule has 1 atom stereocenters. The van der Waals surface area contributed by atoms with Gasteiger partial charge in [0.25, 0.3) is 0 Å². The second kappa shape index (κ2) is 6.59. The number of hydrogen-bond acceptors (Lipinski definition) is 4. The third kappa shape index (κ3) is 2.89. The minimum Gasteiger partial charge on any atom is -0.368 e. The topological polar surface area (TPSA) is 77.3 Å². The SMILES string of the molecule is Cc1c(CN[C@@H](C)c2cn3ccsc3n2)c2ccccc2n1CC(N)=O. The largest absolute Gasteiger partial charge is 0.368 e. The molecule has 0 saturated carbocycles. The number of para-hydroxylation sites is 1. The third-order valence-corrected chi connectivity index (χ3v) is 5.59. The van der Waals surface area contributed by atoms with Gasteiger partial charge in [0.2, 0.25) is 5.91 Å². The number of nitrogens with two attached hydrogens (primary N) is 1. The molecule has 7 heteroatoms. The molecule has 3 heterocycles. The minimum absolute atomic E-state index is 0.125. The normalized spacial score (nSPS) is 12.8. The van der Waals surface area contributed by atoms with Crippen molar-refractivity contribution in [3.05, 3.63) is 59.0 Å². The van der Waals surface area contributed by atoms with Gasteiger partial charge in [-0.1, -0.05) is 18.2 Å². The monoisotopic (exact) mass is 367 g/mol. The van der Waals surface area contributed by atoms with Gasteiger partial charge in [-0.2, -0.15) is 0 Å². The number of hydrogen-bond donors (Lipinski definition) is 2. The molecular weight excluding hydrogens is 346 g/mol. The van der Waals surface area contributed by atoms with Gasteiger partial charge in [0.15, 0.2) is 4.96 Å². The van der Waals surface area contributed by atoms with E-state index >= 15 is 0 Å². The Bertz CT molecular complexity index is 1060. The number of fused-ring (bicyclic) bond motifs is 2. The van der Waals surface area contributed by atoms with Crippen LogP contribution in [0.25, 0.3) is 15.9 Å². The molecule has 3 N–H and O–H groups in total. The van der Waals surface area contributed by atoms with E-state index in [1.165, 1.54) is 5.56 Å². The first-order chi connectivity index (χ1) is 12.5. The Morgan fingerprint density at radius 3 is 2.96 bits per heavy atom. The van der Waals surface area contributed by atoms with Crippen LogP contribution in [-0.4, -0.2) is 19.9 Å². The average molecular weight is 367 g/mol. The van der Waals surface area contributed by atoms with Gasteiger partial charge >= 0.3 is 0 Å². The van der Waals surface area contributed by atoms with Crippen LogP contribution >= 0.6 is 11.3 Å². The fourth-order valence-corrected chi connectivity index (χ4v) is 4.11. The predicted molar refractivity (Wildman–Crippen MR) is 104 cm³/mol. The van der Waals surface area contributed by atoms with Crippen LogP contribution in [0, 0.1) is 6.92 Å². The second-order valence-corrected chi connectivity index (χ2v) is 7.37. The summed E-state index contributed by atoms with van der Waals surface area (Å²) >= 11 is 1.63. The maximum Gasteiger partial charge on any atom is 0.237 e. The zero-order valence-corrected chi connectivity index (χ0v) is 15.6. The van der Waals surface area contributed by atoms with E-state index in [2.05, 4.69) is 29.5 Å². The number of rotatable bonds is 6. The molecule has 134 valence electrons. The highest BCUT2D eigenvalue weighted by atomic mass is 32.1. The molecule has 0 fully saturated rings. The minimum atomic E-state index is -0.334. The van der Waals surface area contributed by atoms with Crippen LogP contribution in [0.4, 0.5) is 0 Å². The van der Waals surface area contributed by atoms with E-state index in [4.69, 9.17) is 5.73 Å². The molecule has 4 rings (SSSR count). The highest BCUT2D eigenvalue weighted by Gasteiger charge is 2.16. The zero-order valence-electron chi connectivity index (χ0n) is 14.8. The molecule has 3 aromatic heterocycles. The number of nitrogens with zero attached hydrogens (tertiary/aromatic N) is 3. The van der Waals surface area contributed by atoms with E-state index in [0.717, 1.165) is 27.3 Å². The lowest BCUT2D eigenvalue weighted by atomic mass is 10.1. The first-order valence-electron chi connectivity index (χ1n) is 8.55. The van der Waals surface area contributed by atoms with E-state index in [9.17, 15) is 4.79 Å². The first kappa shape index (κ1) is 16.8. The maximum absolute atomic E-state index is 11.5. The fourth-order valence-electron chi connectivity index (χ4n) is 3.40. The molecule has 1 aromatic carbocycles. The van der Waals surface area contributed by atoms with Crippen molar-refractivity contribution in [2.24, 2.45) is 5.73 Å². The lowest BCUT2D eigenvalue weighted by Gasteiger charge is -2.12. The summed E-state index contributed by atoms with van der Waals surface area (Å²) < 4.78 is 4.04. The zero-order chi connectivity index (χ0) is 18.3. The molecule has 1 amide bonds. The Hall–Kier alpha value is -2.64. The molecule has 0 aliphatic rings. The lowest BCUT2D eigenvalue weighted by Crippen LogP contribution is -2.21. The molecule has 0 saturated heterocycles. The van der Waals surface area contributed by atoms with Gasteiger partial charge in [-0.05, 0) is 25.5 Å². The number of nitrogens with one attached hydrogen (secondary N) is 1. The summed E-state index contributed by atoms with van der Waals surface area (Å²) in [6.07, 6.45) is 4.08. The van der Waals surface area contributed by atoms with Gasteiger partial charge in [0.1, 0.15) is 6.54 Å². The molecule has 0 aliphatic carbocycles. The van der Waals surface area contributed by atoms with Crippen LogP contribution in [0.1, 0.15) is 29.9 Å². The molecule has 0 unspecified atom stereocenters. The number of carbonyl (C=O) groups is 1. The van der Waals surface area contributed by atoms with E-state index < -0.39 is 0 Å². The molecule has 0 bridgehead atoms. The van der Waals surface area contributed by atoms with Crippen molar-refractivity contribution in [3.8, 4) is 0 Å². The first-order valence-corrected chi connectivity index (χ1v) is 9.43. The Morgan fingerprint density at radius 2 is 2.19 bits per heavy atom. The van der Waals surface area contributed by atoms with Gasteiger partial charge in [0, 0.05) is 47.0 Å². The van der Waals surface area contributed by atoms with Crippen molar-refractivity contribution in [2.45, 2.75) is 33.0 Å². The standard InChI is InChI=1S/C19H21N5OS/c1-12(16-10-23-7-8-26-19(23)22-16)21-9-15-13(2)24(11-18(20)25)17-6-4-3-5-14(15)17/h3-8,10,12,21H,9,11H2,1-2H3,(H2,20,25)/t12-/m0/s1. The van der Waals surface area contributed by atoms with Gasteiger partial charge < -0.3 is 15.6 Å². The van der Waals surface area contributed by atoms with Crippen molar-refractivity contribution in [3.63, 3.8) is 0 Å². The fraction of sp³-hybridized carbons (Fsp3) is 0.263. The van der Waals surface area contributed by atoms with Crippen molar-refractivity contribution in [1.29, 1.82) is 0 Å². The average Bonchev–Trinajstić information content (AvgIpc) is 3.27. The van der Waals surface area contributed by atoms with Gasteiger partial charge in [-0.3, -0.25) is 9.20 Å². The van der Waals surface area contributed by atoms with Crippen molar-refractivity contribution in [2.75, 3.05) is 0 Å². The second-order valence-electron chi connectivity index (χ2n) is 6.49. The van der Waals surface area contributed by atoms with Crippen molar-refractivity contribution < 1.29 is 4.79 Å². The van der Waals surface area contributed by atoms with Crippen LogP contribution in [0.3, 0.4) is 0 Å². The number of imidazole rings is 1. The van der Waals surface area contributed by atoms with Gasteiger partial charge in [-0.15, -0.1) is 11.3 Å². The molecule has 26 heavy (non-hydrogen) atoms. The number of thiazole rings is 1. The quantitative estimate of drug-likeness (QED) is 0.550. The van der Waals surface area contributed by atoms with Crippen molar-refractivity contribution in [1.82, 2.24) is 19.3 Å². The van der Waals surface area contributed by atoms with Crippen LogP contribution in [-0.2, 0) is 17.9 Å². The molecular formula is C19H21N5OS. The van der Waals surface area contributed by atoms with Crippen LogP contribution < -0.4 is 11.1 Å². The summed E-state index contributed by atoms with van der Waals surface area (Å²) in [5, 5.41) is 6.74. The highest BCUT2D eigenvalue weighted by molar-refractivity contribution is 7.15. The Kier molecular flexibility index (Phi) is 4.26. The Labute approximate surface area is 155 Å². The van der Waals surface area contributed by atoms with E-state index in [1.54, 1.807) is 11.3 Å². The highest BCUT2D eigenvalue weighted by Crippen LogP contribution is 2.26. The van der Waals surface area contributed by atoms with Crippen LogP contribution in [0.5, 0.6) is 0 Å². The van der Waals surface area contributed by atoms with Gasteiger partial charge in [-0.25, -0.2) is 4.98 Å². The number of amides is 1. The summed E-state index contributed by atoms with van der Waals surface area (Å²) in [5.74, 6) is -0.334. The van der Waals surface area contributed by atoms with Crippen molar-refractivity contribution >= 4 is 33.1 Å². The van der Waals surface area contributed by atoms with E-state index in [1.807, 2.05) is 45.7 Å². The lowest BCUT2D eigenvalue weighted by molar-refractivity contribution is -0.118. The number of primary amides is 1. The summed E-state index contributed by atoms with van der Waals surface area (Å²) in [7, 11) is 0. The van der Waals surface area contributed by atoms with Crippen LogP contribution in [0.2, 0.25) is 0 Å². The van der Waals surface area contributed by atoms with Crippen LogP contribution in [0.15, 0.2) is 42.0 Å². The molecule has 4 aromatic rings. The summed E-state index contributed by atoms with van der Waals surface area (Å²) in [5.41, 5.74) is 9.75. The Morgan fingerprint density at radius 1 is 1.38 bits per heavy atom. The smallest absolute Gasteiger partial charge is 0.237 e. The predicted octanol–water partition coefficient (Wildman–Crippen LogP) is 3.00. The summed E-state index contributed by atoms with van der Waals surface area (Å²) in [4.78, 5) is 17.1. The molecule has 0 radical (unpaired) electrons. The third-order valence-electron chi connectivity index (χ3n) is 4.82. The Balaban J connectivity index is 1.61. The molecule has 0 spiro atoms. The van der Waals surface area contributed by atoms with E-state index in [-0.39, 0.29) is 18.5 Å².